The zero-order chi connectivity index (χ0) is 18.9. The van der Waals surface area contributed by atoms with E-state index in [4.69, 9.17) is 0 Å². The van der Waals surface area contributed by atoms with Crippen LogP contribution < -0.4 is 4.31 Å². The fourth-order valence-electron chi connectivity index (χ4n) is 2.99. The molecule has 5 nitrogen and oxygen atoms in total. The third kappa shape index (κ3) is 3.78. The summed E-state index contributed by atoms with van der Waals surface area (Å²) in [6.07, 6.45) is 1.99. The van der Waals surface area contributed by atoms with Crippen molar-refractivity contribution in [2.75, 3.05) is 24.4 Å². The van der Waals surface area contributed by atoms with Crippen LogP contribution in [0.1, 0.15) is 35.7 Å². The second kappa shape index (κ2) is 7.40. The summed E-state index contributed by atoms with van der Waals surface area (Å²) >= 11 is 1.10. The second-order valence-corrected chi connectivity index (χ2v) is 10.0. The van der Waals surface area contributed by atoms with E-state index >= 15 is 0 Å². The summed E-state index contributed by atoms with van der Waals surface area (Å²) in [6, 6.07) is 8.82. The van der Waals surface area contributed by atoms with E-state index in [0.717, 1.165) is 42.8 Å². The number of carbonyl (C=O) groups is 1. The van der Waals surface area contributed by atoms with E-state index in [1.54, 1.807) is 17.5 Å². The number of anilines is 1. The van der Waals surface area contributed by atoms with Gasteiger partial charge in [0, 0.05) is 25.5 Å². The Balaban J connectivity index is 1.79. The zero-order valence-electron chi connectivity index (χ0n) is 15.3. The first-order valence-electron chi connectivity index (χ1n) is 8.72. The van der Waals surface area contributed by atoms with E-state index in [1.165, 1.54) is 17.4 Å². The number of rotatable bonds is 4. The zero-order valence-corrected chi connectivity index (χ0v) is 16.9. The summed E-state index contributed by atoms with van der Waals surface area (Å²) in [4.78, 5) is 14.5. The van der Waals surface area contributed by atoms with Gasteiger partial charge in [0.2, 0.25) is 0 Å². The fraction of sp³-hybridized carbons (Fsp3) is 0.421. The minimum absolute atomic E-state index is 0.0763. The fourth-order valence-corrected chi connectivity index (χ4v) is 5.50. The quantitative estimate of drug-likeness (QED) is 0.796. The summed E-state index contributed by atoms with van der Waals surface area (Å²) < 4.78 is 27.2. The molecule has 0 radical (unpaired) electrons. The van der Waals surface area contributed by atoms with Gasteiger partial charge >= 0.3 is 0 Å². The molecule has 1 saturated heterocycles. The van der Waals surface area contributed by atoms with Crippen LogP contribution >= 0.6 is 11.3 Å². The summed E-state index contributed by atoms with van der Waals surface area (Å²) in [7, 11) is -2.14. The number of benzene rings is 1. The molecule has 1 amide bonds. The highest BCUT2D eigenvalue weighted by Gasteiger charge is 2.27. The van der Waals surface area contributed by atoms with Crippen LogP contribution in [0.5, 0.6) is 0 Å². The third-order valence-electron chi connectivity index (χ3n) is 4.91. The molecule has 26 heavy (non-hydrogen) atoms. The number of amides is 1. The first-order valence-corrected chi connectivity index (χ1v) is 11.0. The number of hydrogen-bond acceptors (Lipinski definition) is 4. The van der Waals surface area contributed by atoms with Crippen molar-refractivity contribution in [2.24, 2.45) is 5.92 Å². The van der Waals surface area contributed by atoms with Crippen molar-refractivity contribution >= 4 is 33.0 Å². The Morgan fingerprint density at radius 1 is 1.19 bits per heavy atom. The normalized spacial score (nSPS) is 15.9. The molecule has 2 aromatic rings. The second-order valence-electron chi connectivity index (χ2n) is 6.94. The third-order valence-corrected chi connectivity index (χ3v) is 8.11. The molecule has 0 bridgehead atoms. The van der Waals surface area contributed by atoms with Crippen LogP contribution in [0, 0.1) is 12.8 Å². The molecule has 0 unspecified atom stereocenters. The molecule has 0 N–H and O–H groups in total. The summed E-state index contributed by atoms with van der Waals surface area (Å²) in [6.45, 7) is 5.62. The van der Waals surface area contributed by atoms with E-state index < -0.39 is 10.0 Å². The van der Waals surface area contributed by atoms with Crippen molar-refractivity contribution < 1.29 is 13.2 Å². The van der Waals surface area contributed by atoms with Gasteiger partial charge in [0.05, 0.1) is 11.3 Å². The number of nitrogens with zero attached hydrogens (tertiary/aromatic N) is 2. The lowest BCUT2D eigenvalue weighted by molar-refractivity contribution is 0.0697. The molecular formula is C19H24N2O3S2. The van der Waals surface area contributed by atoms with Gasteiger partial charge in [-0.2, -0.15) is 0 Å². The van der Waals surface area contributed by atoms with Gasteiger partial charge in [-0.05, 0) is 43.9 Å². The lowest BCUT2D eigenvalue weighted by Gasteiger charge is -2.30. The van der Waals surface area contributed by atoms with Crippen molar-refractivity contribution in [3.8, 4) is 0 Å². The van der Waals surface area contributed by atoms with Crippen molar-refractivity contribution in [2.45, 2.75) is 30.9 Å². The maximum absolute atomic E-state index is 12.9. The Bertz CT molecular complexity index is 880. The number of thiophene rings is 1. The first kappa shape index (κ1) is 18.9. The van der Waals surface area contributed by atoms with Gasteiger partial charge in [0.25, 0.3) is 15.9 Å². The van der Waals surface area contributed by atoms with Gasteiger partial charge in [0.1, 0.15) is 4.21 Å². The number of hydrogen-bond donors (Lipinski definition) is 0. The number of piperidine rings is 1. The minimum Gasteiger partial charge on any atom is -0.339 e. The molecule has 0 aliphatic carbocycles. The van der Waals surface area contributed by atoms with Crippen molar-refractivity contribution in [1.82, 2.24) is 4.90 Å². The molecule has 1 aromatic heterocycles. The van der Waals surface area contributed by atoms with E-state index in [2.05, 4.69) is 6.92 Å². The summed E-state index contributed by atoms with van der Waals surface area (Å²) in [5.41, 5.74) is 2.13. The van der Waals surface area contributed by atoms with Crippen LogP contribution in [0.25, 0.3) is 0 Å². The number of aryl methyl sites for hydroxylation is 1. The van der Waals surface area contributed by atoms with Crippen molar-refractivity contribution in [3.05, 3.63) is 46.8 Å². The molecule has 1 fully saturated rings. The minimum atomic E-state index is -3.68. The predicted octanol–water partition coefficient (Wildman–Crippen LogP) is 3.75. The largest absolute Gasteiger partial charge is 0.339 e. The molecule has 1 aliphatic rings. The number of likely N-dealkylation sites (tertiary alicyclic amines) is 1. The summed E-state index contributed by atoms with van der Waals surface area (Å²) in [5.74, 6) is 0.563. The average molecular weight is 393 g/mol. The van der Waals surface area contributed by atoms with Gasteiger partial charge in [-0.25, -0.2) is 8.42 Å². The standard InChI is InChI=1S/C19H24N2O3S2/c1-14-4-6-17(7-5-14)20(3)26(23,24)18-12-16(13-25-18)19(22)21-10-8-15(2)9-11-21/h4-7,12-13,15H,8-11H2,1-3H3. The SMILES string of the molecule is Cc1ccc(N(C)S(=O)(=O)c2cc(C(=O)N3CCC(C)CC3)cs2)cc1. The highest BCUT2D eigenvalue weighted by Crippen LogP contribution is 2.28. The molecule has 1 aromatic carbocycles. The molecule has 3 rings (SSSR count). The number of sulfonamides is 1. The Hall–Kier alpha value is -1.86. The lowest BCUT2D eigenvalue weighted by Crippen LogP contribution is -2.37. The van der Waals surface area contributed by atoms with Crippen molar-refractivity contribution in [1.29, 1.82) is 0 Å². The monoisotopic (exact) mass is 392 g/mol. The van der Waals surface area contributed by atoms with Gasteiger partial charge in [-0.3, -0.25) is 9.10 Å². The molecule has 0 spiro atoms. The highest BCUT2D eigenvalue weighted by molar-refractivity contribution is 7.94. The van der Waals surface area contributed by atoms with Crippen LogP contribution in [-0.4, -0.2) is 39.4 Å². The van der Waals surface area contributed by atoms with Crippen LogP contribution in [0.15, 0.2) is 39.9 Å². The number of carbonyl (C=O) groups excluding carboxylic acids is 1. The van der Waals surface area contributed by atoms with E-state index in [9.17, 15) is 13.2 Å². The lowest BCUT2D eigenvalue weighted by atomic mass is 9.99. The average Bonchev–Trinajstić information content (AvgIpc) is 3.13. The molecule has 1 aliphatic heterocycles. The molecule has 2 heterocycles. The highest BCUT2D eigenvalue weighted by atomic mass is 32.2. The Labute approximate surface area is 159 Å². The van der Waals surface area contributed by atoms with Crippen LogP contribution in [0.3, 0.4) is 0 Å². The topological polar surface area (TPSA) is 57.7 Å². The van der Waals surface area contributed by atoms with Gasteiger partial charge in [0.15, 0.2) is 0 Å². The van der Waals surface area contributed by atoms with Crippen LogP contribution in [-0.2, 0) is 10.0 Å². The van der Waals surface area contributed by atoms with Crippen molar-refractivity contribution in [3.63, 3.8) is 0 Å². The van der Waals surface area contributed by atoms with E-state index in [0.29, 0.717) is 17.2 Å². The van der Waals surface area contributed by atoms with Gasteiger partial charge < -0.3 is 4.90 Å². The van der Waals surface area contributed by atoms with Crippen LogP contribution in [0.4, 0.5) is 5.69 Å². The van der Waals surface area contributed by atoms with E-state index in [1.807, 2.05) is 24.0 Å². The Morgan fingerprint density at radius 3 is 2.42 bits per heavy atom. The molecule has 7 heteroatoms. The molecule has 140 valence electrons. The summed E-state index contributed by atoms with van der Waals surface area (Å²) in [5, 5.41) is 1.65. The maximum Gasteiger partial charge on any atom is 0.273 e. The van der Waals surface area contributed by atoms with Gasteiger partial charge in [-0.1, -0.05) is 24.6 Å². The van der Waals surface area contributed by atoms with Gasteiger partial charge in [-0.15, -0.1) is 11.3 Å². The molecular weight excluding hydrogens is 368 g/mol. The van der Waals surface area contributed by atoms with Crippen LogP contribution in [0.2, 0.25) is 0 Å². The Morgan fingerprint density at radius 2 is 1.81 bits per heavy atom. The first-order chi connectivity index (χ1) is 12.3. The Kier molecular flexibility index (Phi) is 5.39. The molecule has 0 atom stereocenters. The smallest absolute Gasteiger partial charge is 0.273 e. The molecule has 0 saturated carbocycles. The van der Waals surface area contributed by atoms with E-state index in [-0.39, 0.29) is 10.1 Å². The maximum atomic E-state index is 12.9. The predicted molar refractivity (Wildman–Crippen MR) is 105 cm³/mol.